The first-order valence-electron chi connectivity index (χ1n) is 7.34. The molecule has 2 heterocycles. The van der Waals surface area contributed by atoms with Gasteiger partial charge in [-0.25, -0.2) is 4.98 Å². The zero-order chi connectivity index (χ0) is 14.4. The van der Waals surface area contributed by atoms with Gasteiger partial charge in [0.15, 0.2) is 0 Å². The van der Waals surface area contributed by atoms with E-state index in [1.165, 1.54) is 5.69 Å². The van der Waals surface area contributed by atoms with Gasteiger partial charge in [-0.05, 0) is 6.42 Å². The first-order chi connectivity index (χ1) is 9.69. The van der Waals surface area contributed by atoms with Crippen LogP contribution < -0.4 is 0 Å². The molecule has 1 aromatic rings. The van der Waals surface area contributed by atoms with E-state index in [0.717, 1.165) is 45.7 Å². The first kappa shape index (κ1) is 15.0. The highest BCUT2D eigenvalue weighted by molar-refractivity contribution is 5.66. The summed E-state index contributed by atoms with van der Waals surface area (Å²) in [6.07, 6.45) is 5.21. The summed E-state index contributed by atoms with van der Waals surface area (Å²) in [6, 6.07) is 0. The van der Waals surface area contributed by atoms with Crippen LogP contribution in [-0.2, 0) is 17.9 Å². The van der Waals surface area contributed by atoms with Gasteiger partial charge in [0.1, 0.15) is 0 Å². The van der Waals surface area contributed by atoms with Crippen LogP contribution in [0.4, 0.5) is 0 Å². The lowest BCUT2D eigenvalue weighted by atomic mass is 10.2. The number of carboxylic acids is 1. The number of piperazine rings is 1. The largest absolute Gasteiger partial charge is 0.481 e. The summed E-state index contributed by atoms with van der Waals surface area (Å²) in [5.41, 5.74) is 1.27. The number of imidazole rings is 1. The van der Waals surface area contributed by atoms with Crippen LogP contribution in [0.3, 0.4) is 0 Å². The summed E-state index contributed by atoms with van der Waals surface area (Å²) in [7, 11) is 0. The van der Waals surface area contributed by atoms with E-state index >= 15 is 0 Å². The summed E-state index contributed by atoms with van der Waals surface area (Å²) in [4.78, 5) is 19.4. The minimum absolute atomic E-state index is 0.239. The van der Waals surface area contributed by atoms with Crippen molar-refractivity contribution in [2.75, 3.05) is 32.7 Å². The van der Waals surface area contributed by atoms with Crippen LogP contribution in [0.2, 0.25) is 0 Å². The molecular weight excluding hydrogens is 256 g/mol. The van der Waals surface area contributed by atoms with Crippen molar-refractivity contribution < 1.29 is 9.90 Å². The van der Waals surface area contributed by atoms with Gasteiger partial charge in [-0.1, -0.05) is 6.92 Å². The number of aliphatic carboxylic acids is 1. The van der Waals surface area contributed by atoms with Gasteiger partial charge in [0.2, 0.25) is 0 Å². The molecule has 2 rings (SSSR count). The van der Waals surface area contributed by atoms with Crippen molar-refractivity contribution in [3.05, 3.63) is 18.2 Å². The zero-order valence-electron chi connectivity index (χ0n) is 12.2. The van der Waals surface area contributed by atoms with Gasteiger partial charge in [-0.2, -0.15) is 0 Å². The predicted molar refractivity (Wildman–Crippen MR) is 76.5 cm³/mol. The normalized spacial score (nSPS) is 17.4. The van der Waals surface area contributed by atoms with Gasteiger partial charge < -0.3 is 14.6 Å². The van der Waals surface area contributed by atoms with E-state index in [1.54, 1.807) is 0 Å². The van der Waals surface area contributed by atoms with E-state index in [4.69, 9.17) is 5.11 Å². The van der Waals surface area contributed by atoms with Crippen molar-refractivity contribution in [1.29, 1.82) is 0 Å². The molecule has 0 saturated carbocycles. The number of aryl methyl sites for hydroxylation is 1. The van der Waals surface area contributed by atoms with Crippen molar-refractivity contribution in [2.24, 2.45) is 0 Å². The average Bonchev–Trinajstić information content (AvgIpc) is 2.86. The average molecular weight is 280 g/mol. The van der Waals surface area contributed by atoms with Crippen LogP contribution in [0, 0.1) is 0 Å². The van der Waals surface area contributed by atoms with Crippen LogP contribution in [0.1, 0.15) is 25.5 Å². The molecule has 0 radical (unpaired) electrons. The first-order valence-corrected chi connectivity index (χ1v) is 7.34. The molecule has 0 bridgehead atoms. The maximum absolute atomic E-state index is 10.6. The Labute approximate surface area is 120 Å². The summed E-state index contributed by atoms with van der Waals surface area (Å²) in [6.45, 7) is 8.70. The molecule has 1 aliphatic rings. The molecule has 6 nitrogen and oxygen atoms in total. The highest BCUT2D eigenvalue weighted by Crippen LogP contribution is 2.09. The molecule has 0 atom stereocenters. The third-order valence-electron chi connectivity index (χ3n) is 3.76. The number of aromatic nitrogens is 2. The molecule has 112 valence electrons. The summed E-state index contributed by atoms with van der Waals surface area (Å²) >= 11 is 0. The number of nitrogens with zero attached hydrogens (tertiary/aromatic N) is 4. The Morgan fingerprint density at radius 3 is 2.60 bits per heavy atom. The van der Waals surface area contributed by atoms with Crippen molar-refractivity contribution >= 4 is 5.97 Å². The van der Waals surface area contributed by atoms with Gasteiger partial charge in [-0.3, -0.25) is 9.69 Å². The molecule has 1 aliphatic heterocycles. The van der Waals surface area contributed by atoms with Gasteiger partial charge in [0, 0.05) is 52.0 Å². The Bertz CT molecular complexity index is 425. The van der Waals surface area contributed by atoms with Crippen LogP contribution in [0.5, 0.6) is 0 Å². The molecule has 0 unspecified atom stereocenters. The molecule has 0 aromatic carbocycles. The molecule has 1 saturated heterocycles. The SMILES string of the molecule is CCCn1cncc1CN1CCN(CCC(=O)O)CC1. The second-order valence-electron chi connectivity index (χ2n) is 5.34. The third-order valence-corrected chi connectivity index (χ3v) is 3.76. The van der Waals surface area contributed by atoms with Crippen molar-refractivity contribution in [3.63, 3.8) is 0 Å². The number of rotatable bonds is 7. The summed E-state index contributed by atoms with van der Waals surface area (Å²) in [5.74, 6) is -0.712. The molecule has 6 heteroatoms. The maximum Gasteiger partial charge on any atom is 0.304 e. The third kappa shape index (κ3) is 4.31. The molecule has 1 fully saturated rings. The quantitative estimate of drug-likeness (QED) is 0.803. The van der Waals surface area contributed by atoms with E-state index in [-0.39, 0.29) is 6.42 Å². The predicted octanol–water partition coefficient (Wildman–Crippen LogP) is 0.885. The van der Waals surface area contributed by atoms with E-state index in [1.807, 2.05) is 12.5 Å². The van der Waals surface area contributed by atoms with Crippen LogP contribution in [0.25, 0.3) is 0 Å². The van der Waals surface area contributed by atoms with Crippen molar-refractivity contribution in [2.45, 2.75) is 32.9 Å². The van der Waals surface area contributed by atoms with Crippen LogP contribution in [0.15, 0.2) is 12.5 Å². The molecular formula is C14H24N4O2. The van der Waals surface area contributed by atoms with Crippen LogP contribution in [-0.4, -0.2) is 63.2 Å². The highest BCUT2D eigenvalue weighted by Gasteiger charge is 2.18. The fourth-order valence-electron chi connectivity index (χ4n) is 2.58. The van der Waals surface area contributed by atoms with E-state index < -0.39 is 5.97 Å². The lowest BCUT2D eigenvalue weighted by molar-refractivity contribution is -0.137. The Kier molecular flexibility index (Phi) is 5.55. The summed E-state index contributed by atoms with van der Waals surface area (Å²) in [5, 5.41) is 8.70. The van der Waals surface area contributed by atoms with Gasteiger partial charge in [0.25, 0.3) is 0 Å². The minimum atomic E-state index is -0.712. The second kappa shape index (κ2) is 7.40. The number of hydrogen-bond donors (Lipinski definition) is 1. The fourth-order valence-corrected chi connectivity index (χ4v) is 2.58. The van der Waals surface area contributed by atoms with E-state index in [2.05, 4.69) is 26.3 Å². The van der Waals surface area contributed by atoms with Gasteiger partial charge in [-0.15, -0.1) is 0 Å². The molecule has 1 aromatic heterocycles. The Hall–Kier alpha value is -1.40. The van der Waals surface area contributed by atoms with E-state index in [9.17, 15) is 4.79 Å². The van der Waals surface area contributed by atoms with E-state index in [0.29, 0.717) is 6.54 Å². The second-order valence-corrected chi connectivity index (χ2v) is 5.34. The van der Waals surface area contributed by atoms with Gasteiger partial charge >= 0.3 is 5.97 Å². The molecule has 1 N–H and O–H groups in total. The molecule has 0 spiro atoms. The summed E-state index contributed by atoms with van der Waals surface area (Å²) < 4.78 is 2.22. The Morgan fingerprint density at radius 1 is 1.25 bits per heavy atom. The highest BCUT2D eigenvalue weighted by atomic mass is 16.4. The molecule has 0 aliphatic carbocycles. The smallest absolute Gasteiger partial charge is 0.304 e. The zero-order valence-corrected chi connectivity index (χ0v) is 12.2. The maximum atomic E-state index is 10.6. The number of hydrogen-bond acceptors (Lipinski definition) is 4. The lowest BCUT2D eigenvalue weighted by Gasteiger charge is -2.34. The topological polar surface area (TPSA) is 61.6 Å². The lowest BCUT2D eigenvalue weighted by Crippen LogP contribution is -2.46. The van der Waals surface area contributed by atoms with Crippen LogP contribution >= 0.6 is 0 Å². The Balaban J connectivity index is 1.76. The Morgan fingerprint density at radius 2 is 1.95 bits per heavy atom. The fraction of sp³-hybridized carbons (Fsp3) is 0.714. The number of carbonyl (C=O) groups is 1. The van der Waals surface area contributed by atoms with Crippen molar-refractivity contribution in [3.8, 4) is 0 Å². The molecule has 20 heavy (non-hydrogen) atoms. The number of carboxylic acid groups (broad SMARTS) is 1. The minimum Gasteiger partial charge on any atom is -0.481 e. The van der Waals surface area contributed by atoms with Gasteiger partial charge in [0.05, 0.1) is 18.4 Å². The monoisotopic (exact) mass is 280 g/mol. The van der Waals surface area contributed by atoms with Crippen molar-refractivity contribution in [1.82, 2.24) is 19.4 Å². The molecule has 0 amide bonds. The standard InChI is InChI=1S/C14H24N4O2/c1-2-4-18-12-15-10-13(18)11-17-8-6-16(7-9-17)5-3-14(19)20/h10,12H,2-9,11H2,1H3,(H,19,20).